The van der Waals surface area contributed by atoms with Gasteiger partial charge in [-0.15, -0.1) is 0 Å². The zero-order valence-corrected chi connectivity index (χ0v) is 27.2. The minimum atomic E-state index is -4.41. The van der Waals surface area contributed by atoms with Crippen LogP contribution in [0.4, 0.5) is 10.1 Å². The van der Waals surface area contributed by atoms with Crippen LogP contribution in [0.25, 0.3) is 0 Å². The summed E-state index contributed by atoms with van der Waals surface area (Å²) in [5.74, 6) is -1.82. The van der Waals surface area contributed by atoms with Crippen molar-refractivity contribution < 1.29 is 22.4 Å². The zero-order chi connectivity index (χ0) is 32.6. The Labute approximate surface area is 273 Å². The van der Waals surface area contributed by atoms with Crippen molar-refractivity contribution in [1.29, 1.82) is 0 Å². The maximum absolute atomic E-state index is 15.2. The SMILES string of the molecule is CC(C)CNC(=O)[C@@H](Cc1ccccc1)N(Cc1ccc(Cl)c(Cl)c1)C(=O)CN(c1ccccc1F)S(=O)(=O)c1ccccc1. The van der Waals surface area contributed by atoms with Crippen LogP contribution in [0.3, 0.4) is 0 Å². The summed E-state index contributed by atoms with van der Waals surface area (Å²) >= 11 is 12.4. The molecule has 4 aromatic rings. The average Bonchev–Trinajstić information content (AvgIpc) is 3.03. The molecule has 0 aromatic heterocycles. The second-order valence-corrected chi connectivity index (χ2v) is 13.6. The summed E-state index contributed by atoms with van der Waals surface area (Å²) in [6.45, 7) is 3.39. The predicted molar refractivity (Wildman–Crippen MR) is 176 cm³/mol. The first-order valence-corrected chi connectivity index (χ1v) is 16.5. The molecule has 11 heteroatoms. The topological polar surface area (TPSA) is 86.8 Å². The molecule has 7 nitrogen and oxygen atoms in total. The molecule has 0 aliphatic heterocycles. The monoisotopic (exact) mass is 669 g/mol. The van der Waals surface area contributed by atoms with E-state index < -0.39 is 40.2 Å². The van der Waals surface area contributed by atoms with Crippen molar-refractivity contribution >= 4 is 50.7 Å². The molecule has 0 spiro atoms. The summed E-state index contributed by atoms with van der Waals surface area (Å²) in [6, 6.07) is 25.8. The average molecular weight is 671 g/mol. The highest BCUT2D eigenvalue weighted by Gasteiger charge is 2.35. The van der Waals surface area contributed by atoms with Gasteiger partial charge in [0.15, 0.2) is 0 Å². The van der Waals surface area contributed by atoms with E-state index >= 15 is 4.39 Å². The molecule has 0 bridgehead atoms. The highest BCUT2D eigenvalue weighted by Crippen LogP contribution is 2.28. The van der Waals surface area contributed by atoms with Crippen molar-refractivity contribution in [3.8, 4) is 0 Å². The standard InChI is InChI=1S/C34H34Cl2FN3O4S/c1-24(2)21-38-34(42)32(20-25-11-5-3-6-12-25)39(22-26-17-18-28(35)29(36)19-26)33(41)23-40(31-16-10-9-15-30(31)37)45(43,44)27-13-7-4-8-14-27/h3-19,24,32H,20-23H2,1-2H3,(H,38,42)/t32-/m1/s1. The van der Waals surface area contributed by atoms with Gasteiger partial charge in [-0.25, -0.2) is 12.8 Å². The first-order valence-electron chi connectivity index (χ1n) is 14.3. The van der Waals surface area contributed by atoms with Crippen LogP contribution in [0.5, 0.6) is 0 Å². The van der Waals surface area contributed by atoms with Gasteiger partial charge in [-0.1, -0.05) is 104 Å². The van der Waals surface area contributed by atoms with Gasteiger partial charge in [-0.3, -0.25) is 13.9 Å². The maximum atomic E-state index is 15.2. The van der Waals surface area contributed by atoms with Crippen LogP contribution >= 0.6 is 23.2 Å². The van der Waals surface area contributed by atoms with Gasteiger partial charge in [0.25, 0.3) is 10.0 Å². The van der Waals surface area contributed by atoms with Crippen molar-refractivity contribution in [1.82, 2.24) is 10.2 Å². The first-order chi connectivity index (χ1) is 21.5. The van der Waals surface area contributed by atoms with Crippen molar-refractivity contribution in [2.75, 3.05) is 17.4 Å². The van der Waals surface area contributed by atoms with Crippen LogP contribution in [-0.4, -0.2) is 44.3 Å². The summed E-state index contributed by atoms with van der Waals surface area (Å²) in [5, 5.41) is 3.49. The number of carbonyl (C=O) groups excluding carboxylic acids is 2. The van der Waals surface area contributed by atoms with E-state index in [1.165, 1.54) is 35.2 Å². The molecule has 236 valence electrons. The number of benzene rings is 4. The minimum Gasteiger partial charge on any atom is -0.354 e. The summed E-state index contributed by atoms with van der Waals surface area (Å²) < 4.78 is 43.8. The summed E-state index contributed by atoms with van der Waals surface area (Å²) in [7, 11) is -4.41. The van der Waals surface area contributed by atoms with Crippen LogP contribution in [0.1, 0.15) is 25.0 Å². The highest BCUT2D eigenvalue weighted by molar-refractivity contribution is 7.92. The Morgan fingerprint density at radius 2 is 1.44 bits per heavy atom. The highest BCUT2D eigenvalue weighted by atomic mass is 35.5. The molecular weight excluding hydrogens is 636 g/mol. The largest absolute Gasteiger partial charge is 0.354 e. The Morgan fingerprint density at radius 1 is 0.822 bits per heavy atom. The molecular formula is C34H34Cl2FN3O4S. The van der Waals surface area contributed by atoms with E-state index in [2.05, 4.69) is 5.32 Å². The van der Waals surface area contributed by atoms with Gasteiger partial charge in [0.1, 0.15) is 18.4 Å². The molecule has 1 N–H and O–H groups in total. The smallest absolute Gasteiger partial charge is 0.264 e. The summed E-state index contributed by atoms with van der Waals surface area (Å²) in [6.07, 6.45) is 0.142. The van der Waals surface area contributed by atoms with Crippen molar-refractivity contribution in [2.24, 2.45) is 5.92 Å². The second-order valence-electron chi connectivity index (χ2n) is 10.9. The molecule has 0 aliphatic carbocycles. The van der Waals surface area contributed by atoms with Gasteiger partial charge in [-0.05, 0) is 53.4 Å². The van der Waals surface area contributed by atoms with E-state index in [0.717, 1.165) is 15.9 Å². The van der Waals surface area contributed by atoms with E-state index in [0.29, 0.717) is 17.1 Å². The van der Waals surface area contributed by atoms with Crippen LogP contribution in [0, 0.1) is 11.7 Å². The number of sulfonamides is 1. The minimum absolute atomic E-state index is 0.0984. The number of rotatable bonds is 13. The molecule has 45 heavy (non-hydrogen) atoms. The van der Waals surface area contributed by atoms with Crippen molar-refractivity contribution in [3.05, 3.63) is 130 Å². The third-order valence-electron chi connectivity index (χ3n) is 7.02. The van der Waals surface area contributed by atoms with E-state index in [-0.39, 0.29) is 34.5 Å². The Bertz CT molecular complexity index is 1720. The predicted octanol–water partition coefficient (Wildman–Crippen LogP) is 6.74. The zero-order valence-electron chi connectivity index (χ0n) is 24.9. The molecule has 4 aromatic carbocycles. The van der Waals surface area contributed by atoms with Crippen LogP contribution < -0.4 is 9.62 Å². The van der Waals surface area contributed by atoms with Gasteiger partial charge in [-0.2, -0.15) is 0 Å². The fourth-order valence-electron chi connectivity index (χ4n) is 4.70. The van der Waals surface area contributed by atoms with E-state index in [9.17, 15) is 18.0 Å². The molecule has 0 fully saturated rings. The third-order valence-corrected chi connectivity index (χ3v) is 9.54. The normalized spacial score (nSPS) is 12.0. The molecule has 0 saturated heterocycles. The third kappa shape index (κ3) is 8.84. The van der Waals surface area contributed by atoms with E-state index in [1.54, 1.807) is 36.4 Å². The van der Waals surface area contributed by atoms with Gasteiger partial charge in [0.2, 0.25) is 11.8 Å². The van der Waals surface area contributed by atoms with Gasteiger partial charge < -0.3 is 10.2 Å². The van der Waals surface area contributed by atoms with Crippen LogP contribution in [-0.2, 0) is 32.6 Å². The lowest BCUT2D eigenvalue weighted by atomic mass is 10.0. The quantitative estimate of drug-likeness (QED) is 0.171. The van der Waals surface area contributed by atoms with Gasteiger partial charge in [0.05, 0.1) is 20.6 Å². The Balaban J connectivity index is 1.81. The fraction of sp³-hybridized carbons (Fsp3) is 0.235. The number of nitrogens with zero attached hydrogens (tertiary/aromatic N) is 2. The van der Waals surface area contributed by atoms with E-state index in [1.807, 2.05) is 44.2 Å². The molecule has 4 rings (SSSR count). The first kappa shape index (κ1) is 34.0. The summed E-state index contributed by atoms with van der Waals surface area (Å²) in [5.41, 5.74) is 1.06. The van der Waals surface area contributed by atoms with Gasteiger partial charge in [0, 0.05) is 19.5 Å². The lowest BCUT2D eigenvalue weighted by molar-refractivity contribution is -0.140. The molecule has 0 saturated carbocycles. The number of para-hydroxylation sites is 1. The van der Waals surface area contributed by atoms with E-state index in [4.69, 9.17) is 23.2 Å². The second kappa shape index (κ2) is 15.4. The number of hydrogen-bond donors (Lipinski definition) is 1. The van der Waals surface area contributed by atoms with Gasteiger partial charge >= 0.3 is 0 Å². The number of amides is 2. The van der Waals surface area contributed by atoms with Crippen molar-refractivity contribution in [3.63, 3.8) is 0 Å². The Morgan fingerprint density at radius 3 is 2.07 bits per heavy atom. The molecule has 0 unspecified atom stereocenters. The number of carbonyl (C=O) groups is 2. The molecule has 0 radical (unpaired) electrons. The number of anilines is 1. The Hall–Kier alpha value is -3.92. The van der Waals surface area contributed by atoms with Crippen LogP contribution in [0.2, 0.25) is 10.0 Å². The molecule has 2 amide bonds. The Kier molecular flexibility index (Phi) is 11.6. The molecule has 0 aliphatic rings. The lowest BCUT2D eigenvalue weighted by Crippen LogP contribution is -2.53. The maximum Gasteiger partial charge on any atom is 0.264 e. The fourth-order valence-corrected chi connectivity index (χ4v) is 6.46. The van der Waals surface area contributed by atoms with Crippen LogP contribution in [0.15, 0.2) is 108 Å². The summed E-state index contributed by atoms with van der Waals surface area (Å²) in [4.78, 5) is 29.4. The lowest BCUT2D eigenvalue weighted by Gasteiger charge is -2.34. The number of halogens is 3. The van der Waals surface area contributed by atoms with Crippen molar-refractivity contribution in [2.45, 2.75) is 37.8 Å². The number of hydrogen-bond acceptors (Lipinski definition) is 4. The number of nitrogens with one attached hydrogen (secondary N) is 1. The molecule has 1 atom stereocenters. The molecule has 0 heterocycles.